The number of carbonyl (C=O) groups is 2. The van der Waals surface area contributed by atoms with E-state index < -0.39 is 0 Å². The van der Waals surface area contributed by atoms with Gasteiger partial charge in [-0.2, -0.15) is 0 Å². The van der Waals surface area contributed by atoms with Crippen molar-refractivity contribution in [3.8, 4) is 0 Å². The molecule has 1 aromatic rings. The molecule has 0 aromatic heterocycles. The van der Waals surface area contributed by atoms with Crippen LogP contribution in [0.25, 0.3) is 0 Å². The number of benzene rings is 1. The maximum atomic E-state index is 12.5. The normalized spacial score (nSPS) is 27.9. The van der Waals surface area contributed by atoms with Crippen LogP contribution in [0.3, 0.4) is 0 Å². The van der Waals surface area contributed by atoms with E-state index in [-0.39, 0.29) is 36.3 Å². The van der Waals surface area contributed by atoms with Crippen LogP contribution in [0.4, 0.5) is 0 Å². The highest BCUT2D eigenvalue weighted by Crippen LogP contribution is 2.30. The molecule has 160 valence electrons. The lowest BCUT2D eigenvalue weighted by Gasteiger charge is -2.27. The Morgan fingerprint density at radius 1 is 1.07 bits per heavy atom. The van der Waals surface area contributed by atoms with Crippen molar-refractivity contribution in [2.45, 2.75) is 56.7 Å². The Labute approximate surface area is 178 Å². The second-order valence-electron chi connectivity index (χ2n) is 8.12. The SMILES string of the molecule is Cl.O=C(CCNC(=O)C1NNC2CCCCC21)NCC1NCCc2ccccc21. The van der Waals surface area contributed by atoms with Gasteiger partial charge in [0.15, 0.2) is 0 Å². The predicted molar refractivity (Wildman–Crippen MR) is 115 cm³/mol. The van der Waals surface area contributed by atoms with Gasteiger partial charge in [-0.3, -0.25) is 15.0 Å². The van der Waals surface area contributed by atoms with Gasteiger partial charge in [0.2, 0.25) is 11.8 Å². The van der Waals surface area contributed by atoms with Gasteiger partial charge < -0.3 is 16.0 Å². The predicted octanol–water partition coefficient (Wildman–Crippen LogP) is 0.953. The number of hydrazine groups is 1. The first-order chi connectivity index (χ1) is 13.7. The van der Waals surface area contributed by atoms with Gasteiger partial charge in [0, 0.05) is 37.5 Å². The average Bonchev–Trinajstić information content (AvgIpc) is 3.16. The molecule has 2 fully saturated rings. The van der Waals surface area contributed by atoms with E-state index in [1.54, 1.807) is 0 Å². The van der Waals surface area contributed by atoms with Gasteiger partial charge >= 0.3 is 0 Å². The Bertz CT molecular complexity index is 716. The topological polar surface area (TPSA) is 94.3 Å². The first-order valence-electron chi connectivity index (χ1n) is 10.6. The molecule has 1 saturated carbocycles. The summed E-state index contributed by atoms with van der Waals surface area (Å²) in [4.78, 5) is 24.7. The fraction of sp³-hybridized carbons (Fsp3) is 0.619. The molecular formula is C21H32ClN5O2. The molecule has 0 spiro atoms. The summed E-state index contributed by atoms with van der Waals surface area (Å²) in [6.45, 7) is 1.87. The monoisotopic (exact) mass is 421 g/mol. The van der Waals surface area contributed by atoms with Crippen molar-refractivity contribution in [1.82, 2.24) is 26.8 Å². The quantitative estimate of drug-likeness (QED) is 0.471. The van der Waals surface area contributed by atoms with Crippen LogP contribution in [0.2, 0.25) is 0 Å². The molecule has 29 heavy (non-hydrogen) atoms. The lowest BCUT2D eigenvalue weighted by atomic mass is 9.81. The molecule has 2 aliphatic heterocycles. The number of amides is 2. The van der Waals surface area contributed by atoms with Gasteiger partial charge in [0.25, 0.3) is 0 Å². The second kappa shape index (κ2) is 10.4. The Morgan fingerprint density at radius 3 is 2.79 bits per heavy atom. The number of nitrogens with one attached hydrogen (secondary N) is 5. The van der Waals surface area contributed by atoms with E-state index in [2.05, 4.69) is 45.0 Å². The number of hydrogen-bond donors (Lipinski definition) is 5. The first-order valence-corrected chi connectivity index (χ1v) is 10.6. The summed E-state index contributed by atoms with van der Waals surface area (Å²) in [5.74, 6) is 0.329. The zero-order chi connectivity index (χ0) is 19.3. The van der Waals surface area contributed by atoms with Crippen LogP contribution in [0, 0.1) is 5.92 Å². The van der Waals surface area contributed by atoms with E-state index in [4.69, 9.17) is 0 Å². The highest BCUT2D eigenvalue weighted by atomic mass is 35.5. The average molecular weight is 422 g/mol. The molecule has 7 nitrogen and oxygen atoms in total. The zero-order valence-electron chi connectivity index (χ0n) is 16.7. The summed E-state index contributed by atoms with van der Waals surface area (Å²) in [7, 11) is 0. The van der Waals surface area contributed by atoms with Crippen LogP contribution in [-0.4, -0.2) is 43.5 Å². The van der Waals surface area contributed by atoms with Crippen LogP contribution >= 0.6 is 12.4 Å². The minimum absolute atomic E-state index is 0. The molecule has 2 amide bonds. The van der Waals surface area contributed by atoms with Crippen molar-refractivity contribution in [2.75, 3.05) is 19.6 Å². The summed E-state index contributed by atoms with van der Waals surface area (Å²) in [5.41, 5.74) is 9.02. The molecule has 0 bridgehead atoms. The van der Waals surface area contributed by atoms with E-state index in [1.165, 1.54) is 24.0 Å². The van der Waals surface area contributed by atoms with Crippen molar-refractivity contribution in [3.63, 3.8) is 0 Å². The second-order valence-corrected chi connectivity index (χ2v) is 8.12. The highest BCUT2D eigenvalue weighted by Gasteiger charge is 2.40. The van der Waals surface area contributed by atoms with E-state index in [1.807, 2.05) is 6.07 Å². The maximum absolute atomic E-state index is 12.5. The third-order valence-corrected chi connectivity index (χ3v) is 6.32. The number of hydrogen-bond acceptors (Lipinski definition) is 5. The van der Waals surface area contributed by atoms with E-state index in [0.717, 1.165) is 25.8 Å². The number of fused-ring (bicyclic) bond motifs is 2. The molecule has 5 N–H and O–H groups in total. The summed E-state index contributed by atoms with van der Waals surface area (Å²) >= 11 is 0. The van der Waals surface area contributed by atoms with Crippen LogP contribution in [0.5, 0.6) is 0 Å². The van der Waals surface area contributed by atoms with Crippen LogP contribution in [-0.2, 0) is 16.0 Å². The van der Waals surface area contributed by atoms with Crippen molar-refractivity contribution in [1.29, 1.82) is 0 Å². The number of carbonyl (C=O) groups excluding carboxylic acids is 2. The molecule has 1 aliphatic carbocycles. The molecule has 4 unspecified atom stereocenters. The van der Waals surface area contributed by atoms with Gasteiger partial charge in [-0.1, -0.05) is 37.1 Å². The summed E-state index contributed by atoms with van der Waals surface area (Å²) in [5, 5.41) is 9.39. The minimum atomic E-state index is -0.184. The Hall–Kier alpha value is -1.67. The van der Waals surface area contributed by atoms with Crippen LogP contribution in [0.15, 0.2) is 24.3 Å². The van der Waals surface area contributed by atoms with Crippen molar-refractivity contribution in [3.05, 3.63) is 35.4 Å². The summed E-state index contributed by atoms with van der Waals surface area (Å²) in [6.07, 6.45) is 5.95. The Morgan fingerprint density at radius 2 is 1.90 bits per heavy atom. The van der Waals surface area contributed by atoms with Crippen molar-refractivity contribution in [2.24, 2.45) is 5.92 Å². The maximum Gasteiger partial charge on any atom is 0.238 e. The summed E-state index contributed by atoms with van der Waals surface area (Å²) in [6, 6.07) is 8.75. The number of rotatable bonds is 6. The van der Waals surface area contributed by atoms with Gasteiger partial charge in [-0.15, -0.1) is 12.4 Å². The van der Waals surface area contributed by atoms with E-state index >= 15 is 0 Å². The molecule has 8 heteroatoms. The van der Waals surface area contributed by atoms with Crippen molar-refractivity contribution < 1.29 is 9.59 Å². The van der Waals surface area contributed by atoms with Gasteiger partial charge in [0.1, 0.15) is 6.04 Å². The summed E-state index contributed by atoms with van der Waals surface area (Å²) < 4.78 is 0. The van der Waals surface area contributed by atoms with Crippen molar-refractivity contribution >= 4 is 24.2 Å². The van der Waals surface area contributed by atoms with Crippen LogP contribution in [0.1, 0.15) is 49.3 Å². The molecule has 3 aliphatic rings. The molecular weight excluding hydrogens is 390 g/mol. The van der Waals surface area contributed by atoms with Gasteiger partial charge in [-0.25, -0.2) is 5.43 Å². The Kier molecular flexibility index (Phi) is 7.89. The molecule has 4 rings (SSSR count). The fourth-order valence-corrected chi connectivity index (χ4v) is 4.79. The lowest BCUT2D eigenvalue weighted by molar-refractivity contribution is -0.124. The molecule has 4 atom stereocenters. The highest BCUT2D eigenvalue weighted by molar-refractivity contribution is 5.85. The zero-order valence-corrected chi connectivity index (χ0v) is 17.5. The molecule has 1 saturated heterocycles. The molecule has 2 heterocycles. The number of halogens is 1. The molecule has 0 radical (unpaired) electrons. The smallest absolute Gasteiger partial charge is 0.238 e. The minimum Gasteiger partial charge on any atom is -0.354 e. The Balaban J connectivity index is 0.00000240. The molecule has 1 aromatic carbocycles. The van der Waals surface area contributed by atoms with E-state index in [0.29, 0.717) is 31.5 Å². The van der Waals surface area contributed by atoms with E-state index in [9.17, 15) is 9.59 Å². The lowest BCUT2D eigenvalue weighted by Crippen LogP contribution is -2.46. The standard InChI is InChI=1S/C21H31N5O2.ClH/c27-19(24-13-18-15-6-2-1-5-14(15)9-11-22-18)10-12-23-21(28)20-16-7-3-4-8-17(16)25-26-20;/h1-2,5-6,16-18,20,22,25-26H,3-4,7-13H2,(H,23,28)(H,24,27);1H. The first kappa shape index (κ1) is 22.0. The van der Waals surface area contributed by atoms with Crippen LogP contribution < -0.4 is 26.8 Å². The van der Waals surface area contributed by atoms with Gasteiger partial charge in [0.05, 0.1) is 0 Å². The van der Waals surface area contributed by atoms with Gasteiger partial charge in [-0.05, 0) is 36.9 Å². The fourth-order valence-electron chi connectivity index (χ4n) is 4.79. The largest absolute Gasteiger partial charge is 0.354 e. The third kappa shape index (κ3) is 5.28. The third-order valence-electron chi connectivity index (χ3n) is 6.32.